The van der Waals surface area contributed by atoms with Gasteiger partial charge in [0.15, 0.2) is 0 Å². The minimum absolute atomic E-state index is 0.0188. The van der Waals surface area contributed by atoms with Gasteiger partial charge < -0.3 is 10.8 Å². The van der Waals surface area contributed by atoms with Crippen LogP contribution in [-0.2, 0) is 13.2 Å². The van der Waals surface area contributed by atoms with Crippen LogP contribution in [0, 0.1) is 13.8 Å². The molecule has 0 aliphatic carbocycles. The van der Waals surface area contributed by atoms with Crippen molar-refractivity contribution >= 4 is 11.8 Å². The lowest BCUT2D eigenvalue weighted by molar-refractivity contribution is 0.265. The first-order chi connectivity index (χ1) is 9.15. The van der Waals surface area contributed by atoms with Crippen molar-refractivity contribution in [1.82, 2.24) is 9.78 Å². The highest BCUT2D eigenvalue weighted by Gasteiger charge is 2.15. The monoisotopic (exact) mass is 277 g/mol. The number of nitrogens with two attached hydrogens (primary N) is 1. The first kappa shape index (κ1) is 14.1. The van der Waals surface area contributed by atoms with E-state index in [1.807, 2.05) is 6.92 Å². The highest BCUT2D eigenvalue weighted by molar-refractivity contribution is 7.99. The average molecular weight is 277 g/mol. The summed E-state index contributed by atoms with van der Waals surface area (Å²) in [7, 11) is 0. The standard InChI is InChI=1S/C14H19N3OS/c1-10-3-5-12(6-4-10)19-14-11(2)16-17(8-7-15)13(14)9-18/h3-6,18H,7-9,15H2,1-2H3. The molecule has 5 heteroatoms. The summed E-state index contributed by atoms with van der Waals surface area (Å²) in [5, 5.41) is 14.0. The molecule has 1 aromatic carbocycles. The Morgan fingerprint density at radius 2 is 1.95 bits per heavy atom. The van der Waals surface area contributed by atoms with Gasteiger partial charge in [-0.3, -0.25) is 4.68 Å². The van der Waals surface area contributed by atoms with Gasteiger partial charge in [-0.25, -0.2) is 0 Å². The molecule has 2 aromatic rings. The van der Waals surface area contributed by atoms with Crippen LogP contribution in [0.4, 0.5) is 0 Å². The molecule has 0 aliphatic rings. The van der Waals surface area contributed by atoms with Crippen LogP contribution in [0.15, 0.2) is 34.1 Å². The van der Waals surface area contributed by atoms with Crippen LogP contribution in [0.3, 0.4) is 0 Å². The number of benzene rings is 1. The van der Waals surface area contributed by atoms with Crippen LogP contribution in [-0.4, -0.2) is 21.4 Å². The molecule has 2 rings (SSSR count). The van der Waals surface area contributed by atoms with E-state index in [2.05, 4.69) is 36.3 Å². The van der Waals surface area contributed by atoms with Crippen molar-refractivity contribution in [2.45, 2.75) is 36.8 Å². The summed E-state index contributed by atoms with van der Waals surface area (Å²) < 4.78 is 1.80. The van der Waals surface area contributed by atoms with Gasteiger partial charge in [-0.05, 0) is 26.0 Å². The fraction of sp³-hybridized carbons (Fsp3) is 0.357. The number of aliphatic hydroxyl groups is 1. The number of aliphatic hydroxyl groups excluding tert-OH is 1. The molecule has 0 saturated heterocycles. The molecule has 102 valence electrons. The molecular formula is C14H19N3OS. The quantitative estimate of drug-likeness (QED) is 0.878. The molecule has 1 aromatic heterocycles. The third-order valence-electron chi connectivity index (χ3n) is 2.90. The molecule has 0 unspecified atom stereocenters. The average Bonchev–Trinajstić information content (AvgIpc) is 2.69. The van der Waals surface area contributed by atoms with Crippen molar-refractivity contribution in [1.29, 1.82) is 0 Å². The SMILES string of the molecule is Cc1ccc(Sc2c(C)nn(CCN)c2CO)cc1. The number of aromatic nitrogens is 2. The summed E-state index contributed by atoms with van der Waals surface area (Å²) in [6, 6.07) is 8.34. The summed E-state index contributed by atoms with van der Waals surface area (Å²) in [6.07, 6.45) is 0. The van der Waals surface area contributed by atoms with Gasteiger partial charge in [-0.2, -0.15) is 5.10 Å². The van der Waals surface area contributed by atoms with E-state index in [0.717, 1.165) is 21.2 Å². The van der Waals surface area contributed by atoms with Crippen LogP contribution in [0.25, 0.3) is 0 Å². The van der Waals surface area contributed by atoms with E-state index in [-0.39, 0.29) is 6.61 Å². The number of rotatable bonds is 5. The molecule has 19 heavy (non-hydrogen) atoms. The third-order valence-corrected chi connectivity index (χ3v) is 4.15. The second-order valence-corrected chi connectivity index (χ2v) is 5.53. The lowest BCUT2D eigenvalue weighted by Gasteiger charge is -2.06. The van der Waals surface area contributed by atoms with Gasteiger partial charge in [-0.1, -0.05) is 29.5 Å². The van der Waals surface area contributed by atoms with Gasteiger partial charge in [0.05, 0.1) is 29.4 Å². The van der Waals surface area contributed by atoms with E-state index in [9.17, 15) is 5.11 Å². The molecule has 0 amide bonds. The Labute approximate surface area is 117 Å². The van der Waals surface area contributed by atoms with Crippen molar-refractivity contribution < 1.29 is 5.11 Å². The Hall–Kier alpha value is -1.30. The zero-order valence-electron chi connectivity index (χ0n) is 11.3. The smallest absolute Gasteiger partial charge is 0.0861 e. The van der Waals surface area contributed by atoms with Gasteiger partial charge in [0.25, 0.3) is 0 Å². The minimum Gasteiger partial charge on any atom is -0.390 e. The fourth-order valence-corrected chi connectivity index (χ4v) is 2.91. The van der Waals surface area contributed by atoms with Crippen molar-refractivity contribution in [3.8, 4) is 0 Å². The maximum absolute atomic E-state index is 9.55. The van der Waals surface area contributed by atoms with E-state index in [4.69, 9.17) is 5.73 Å². The lowest BCUT2D eigenvalue weighted by atomic mass is 10.2. The van der Waals surface area contributed by atoms with Gasteiger partial charge in [0, 0.05) is 11.4 Å². The van der Waals surface area contributed by atoms with Crippen LogP contribution in [0.1, 0.15) is 17.0 Å². The number of aryl methyl sites for hydroxylation is 2. The Morgan fingerprint density at radius 1 is 1.26 bits per heavy atom. The normalized spacial score (nSPS) is 10.9. The van der Waals surface area contributed by atoms with Gasteiger partial charge in [-0.15, -0.1) is 0 Å². The van der Waals surface area contributed by atoms with Crippen molar-refractivity contribution in [2.24, 2.45) is 5.73 Å². The zero-order valence-corrected chi connectivity index (χ0v) is 12.1. The van der Waals surface area contributed by atoms with E-state index < -0.39 is 0 Å². The van der Waals surface area contributed by atoms with Crippen LogP contribution >= 0.6 is 11.8 Å². The largest absolute Gasteiger partial charge is 0.390 e. The molecule has 4 nitrogen and oxygen atoms in total. The predicted molar refractivity (Wildman–Crippen MR) is 77.2 cm³/mol. The van der Waals surface area contributed by atoms with Crippen LogP contribution in [0.5, 0.6) is 0 Å². The van der Waals surface area contributed by atoms with Crippen LogP contribution in [0.2, 0.25) is 0 Å². The molecule has 0 atom stereocenters. The molecule has 0 saturated carbocycles. The zero-order chi connectivity index (χ0) is 13.8. The fourth-order valence-electron chi connectivity index (χ4n) is 1.93. The van der Waals surface area contributed by atoms with Crippen LogP contribution < -0.4 is 5.73 Å². The van der Waals surface area contributed by atoms with Crippen molar-refractivity contribution in [3.63, 3.8) is 0 Å². The molecule has 1 heterocycles. The predicted octanol–water partition coefficient (Wildman–Crippen LogP) is 2.10. The molecule has 3 N–H and O–H groups in total. The maximum Gasteiger partial charge on any atom is 0.0861 e. The highest BCUT2D eigenvalue weighted by atomic mass is 32.2. The van der Waals surface area contributed by atoms with E-state index >= 15 is 0 Å². The van der Waals surface area contributed by atoms with E-state index in [0.29, 0.717) is 13.1 Å². The summed E-state index contributed by atoms with van der Waals surface area (Å²) in [5.74, 6) is 0. The number of hydrogen-bond acceptors (Lipinski definition) is 4. The number of nitrogens with zero attached hydrogens (tertiary/aromatic N) is 2. The van der Waals surface area contributed by atoms with E-state index in [1.54, 1.807) is 16.4 Å². The molecule has 0 spiro atoms. The summed E-state index contributed by atoms with van der Waals surface area (Å²) >= 11 is 1.64. The second kappa shape index (κ2) is 6.23. The van der Waals surface area contributed by atoms with E-state index in [1.165, 1.54) is 5.56 Å². The number of hydrogen-bond donors (Lipinski definition) is 2. The Bertz CT molecular complexity index is 549. The molecule has 0 fully saturated rings. The summed E-state index contributed by atoms with van der Waals surface area (Å²) in [6.45, 7) is 5.16. The Kier molecular flexibility index (Phi) is 4.63. The summed E-state index contributed by atoms with van der Waals surface area (Å²) in [4.78, 5) is 2.18. The molecule has 0 aliphatic heterocycles. The lowest BCUT2D eigenvalue weighted by Crippen LogP contribution is -2.13. The molecule has 0 radical (unpaired) electrons. The van der Waals surface area contributed by atoms with Gasteiger partial charge in [0.2, 0.25) is 0 Å². The topological polar surface area (TPSA) is 64.1 Å². The Balaban J connectivity index is 2.31. The van der Waals surface area contributed by atoms with Crippen molar-refractivity contribution in [2.75, 3.05) is 6.54 Å². The molecule has 0 bridgehead atoms. The first-order valence-electron chi connectivity index (χ1n) is 6.27. The first-order valence-corrected chi connectivity index (χ1v) is 7.09. The Morgan fingerprint density at radius 3 is 2.53 bits per heavy atom. The van der Waals surface area contributed by atoms with Gasteiger partial charge >= 0.3 is 0 Å². The maximum atomic E-state index is 9.55. The highest BCUT2D eigenvalue weighted by Crippen LogP contribution is 2.33. The minimum atomic E-state index is -0.0188. The van der Waals surface area contributed by atoms with Gasteiger partial charge in [0.1, 0.15) is 0 Å². The molecular weight excluding hydrogens is 258 g/mol. The summed E-state index contributed by atoms with van der Waals surface area (Å²) in [5.41, 5.74) is 8.58. The second-order valence-electron chi connectivity index (χ2n) is 4.45. The third kappa shape index (κ3) is 3.18. The van der Waals surface area contributed by atoms with Crippen molar-refractivity contribution in [3.05, 3.63) is 41.2 Å².